The third kappa shape index (κ3) is 2.63. The summed E-state index contributed by atoms with van der Waals surface area (Å²) < 4.78 is 2.24. The molecule has 12 heavy (non-hydrogen) atoms. The maximum absolute atomic E-state index is 4.31. The molecule has 3 heteroatoms. The number of rotatable bonds is 5. The SMILES string of the molecule is CCCc1nccn1CCCBr. The zero-order valence-corrected chi connectivity index (χ0v) is 9.05. The molecule has 1 heterocycles. The van der Waals surface area contributed by atoms with E-state index in [1.54, 1.807) is 0 Å². The van der Waals surface area contributed by atoms with Crippen LogP contribution in [0.25, 0.3) is 0 Å². The molecule has 0 saturated carbocycles. The molecule has 0 aliphatic carbocycles. The molecule has 0 aliphatic heterocycles. The highest BCUT2D eigenvalue weighted by Crippen LogP contribution is 2.03. The second-order valence-electron chi connectivity index (χ2n) is 2.83. The van der Waals surface area contributed by atoms with E-state index in [4.69, 9.17) is 0 Å². The Balaban J connectivity index is 2.51. The average molecular weight is 231 g/mol. The van der Waals surface area contributed by atoms with Crippen molar-refractivity contribution in [1.82, 2.24) is 9.55 Å². The van der Waals surface area contributed by atoms with Crippen LogP contribution in [-0.2, 0) is 13.0 Å². The lowest BCUT2D eigenvalue weighted by Crippen LogP contribution is -2.03. The molecule has 0 amide bonds. The van der Waals surface area contributed by atoms with E-state index >= 15 is 0 Å². The third-order valence-electron chi connectivity index (χ3n) is 1.81. The van der Waals surface area contributed by atoms with Crippen molar-refractivity contribution in [3.8, 4) is 0 Å². The van der Waals surface area contributed by atoms with Crippen molar-refractivity contribution >= 4 is 15.9 Å². The van der Waals surface area contributed by atoms with Crippen LogP contribution in [0.15, 0.2) is 12.4 Å². The molecule has 0 aromatic carbocycles. The van der Waals surface area contributed by atoms with Gasteiger partial charge in [-0.25, -0.2) is 4.98 Å². The lowest BCUT2D eigenvalue weighted by molar-refractivity contribution is 0.635. The Hall–Kier alpha value is -0.310. The molecule has 0 unspecified atom stereocenters. The highest BCUT2D eigenvalue weighted by molar-refractivity contribution is 9.09. The summed E-state index contributed by atoms with van der Waals surface area (Å²) in [6.45, 7) is 3.27. The Morgan fingerprint density at radius 3 is 3.08 bits per heavy atom. The predicted octanol–water partition coefficient (Wildman–Crippen LogP) is 2.62. The summed E-state index contributed by atoms with van der Waals surface area (Å²) in [5, 5.41) is 1.07. The second-order valence-corrected chi connectivity index (χ2v) is 3.62. The van der Waals surface area contributed by atoms with Gasteiger partial charge in [0.05, 0.1) is 0 Å². The Kier molecular flexibility index (Phi) is 4.36. The first-order valence-corrected chi connectivity index (χ1v) is 5.56. The number of aromatic nitrogens is 2. The molecule has 0 atom stereocenters. The molecule has 0 spiro atoms. The van der Waals surface area contributed by atoms with Gasteiger partial charge in [0.25, 0.3) is 0 Å². The molecule has 1 aromatic rings. The van der Waals surface area contributed by atoms with Gasteiger partial charge >= 0.3 is 0 Å². The average Bonchev–Trinajstić information content (AvgIpc) is 2.50. The smallest absolute Gasteiger partial charge is 0.108 e. The van der Waals surface area contributed by atoms with Gasteiger partial charge in [0.2, 0.25) is 0 Å². The Bertz CT molecular complexity index is 220. The van der Waals surface area contributed by atoms with E-state index in [1.165, 1.54) is 18.7 Å². The first-order chi connectivity index (χ1) is 5.88. The summed E-state index contributed by atoms with van der Waals surface area (Å²) in [6.07, 6.45) is 7.39. The standard InChI is InChI=1S/C9H15BrN2/c1-2-4-9-11-6-8-12(9)7-3-5-10/h6,8H,2-5,7H2,1H3. The van der Waals surface area contributed by atoms with Crippen LogP contribution >= 0.6 is 15.9 Å². The molecule has 68 valence electrons. The van der Waals surface area contributed by atoms with E-state index in [2.05, 4.69) is 38.6 Å². The number of hydrogen-bond acceptors (Lipinski definition) is 1. The predicted molar refractivity (Wildman–Crippen MR) is 54.6 cm³/mol. The number of aryl methyl sites for hydroxylation is 2. The normalized spacial score (nSPS) is 10.5. The summed E-state index contributed by atoms with van der Waals surface area (Å²) in [5.74, 6) is 1.22. The lowest BCUT2D eigenvalue weighted by Gasteiger charge is -2.04. The van der Waals surface area contributed by atoms with Crippen molar-refractivity contribution in [1.29, 1.82) is 0 Å². The highest BCUT2D eigenvalue weighted by atomic mass is 79.9. The zero-order chi connectivity index (χ0) is 8.81. The fourth-order valence-electron chi connectivity index (χ4n) is 1.23. The largest absolute Gasteiger partial charge is 0.335 e. The van der Waals surface area contributed by atoms with Crippen LogP contribution in [0, 0.1) is 0 Å². The van der Waals surface area contributed by atoms with Gasteiger partial charge in [-0.15, -0.1) is 0 Å². The molecular formula is C9H15BrN2. The van der Waals surface area contributed by atoms with Crippen LogP contribution in [0.4, 0.5) is 0 Å². The number of nitrogens with zero attached hydrogens (tertiary/aromatic N) is 2. The second kappa shape index (κ2) is 5.36. The lowest BCUT2D eigenvalue weighted by atomic mass is 10.3. The Labute approximate surface area is 82.1 Å². The van der Waals surface area contributed by atoms with E-state index in [0.717, 1.165) is 18.3 Å². The quantitative estimate of drug-likeness (QED) is 0.712. The van der Waals surface area contributed by atoms with Crippen LogP contribution in [0.1, 0.15) is 25.6 Å². The maximum Gasteiger partial charge on any atom is 0.108 e. The Morgan fingerprint density at radius 2 is 2.42 bits per heavy atom. The van der Waals surface area contributed by atoms with Gasteiger partial charge in [-0.3, -0.25) is 0 Å². The molecule has 0 saturated heterocycles. The van der Waals surface area contributed by atoms with Gasteiger partial charge in [0.15, 0.2) is 0 Å². The van der Waals surface area contributed by atoms with Crippen LogP contribution in [0.3, 0.4) is 0 Å². The van der Waals surface area contributed by atoms with Gasteiger partial charge in [0.1, 0.15) is 5.82 Å². The molecule has 0 fully saturated rings. The number of alkyl halides is 1. The fourth-order valence-corrected chi connectivity index (χ4v) is 1.48. The monoisotopic (exact) mass is 230 g/mol. The van der Waals surface area contributed by atoms with Gasteiger partial charge in [-0.2, -0.15) is 0 Å². The van der Waals surface area contributed by atoms with E-state index in [1.807, 2.05) is 6.20 Å². The van der Waals surface area contributed by atoms with Crippen LogP contribution in [0.2, 0.25) is 0 Å². The minimum absolute atomic E-state index is 1.07. The number of imidazole rings is 1. The molecule has 0 aliphatic rings. The summed E-state index contributed by atoms with van der Waals surface area (Å²) in [7, 11) is 0. The number of hydrogen-bond donors (Lipinski definition) is 0. The Morgan fingerprint density at radius 1 is 1.58 bits per heavy atom. The van der Waals surface area contributed by atoms with E-state index < -0.39 is 0 Å². The van der Waals surface area contributed by atoms with Gasteiger partial charge in [-0.1, -0.05) is 22.9 Å². The summed E-state index contributed by atoms with van der Waals surface area (Å²) in [5.41, 5.74) is 0. The van der Waals surface area contributed by atoms with E-state index in [9.17, 15) is 0 Å². The van der Waals surface area contributed by atoms with E-state index in [-0.39, 0.29) is 0 Å². The minimum Gasteiger partial charge on any atom is -0.335 e. The molecule has 2 nitrogen and oxygen atoms in total. The van der Waals surface area contributed by atoms with Gasteiger partial charge in [-0.05, 0) is 12.8 Å². The molecule has 0 N–H and O–H groups in total. The van der Waals surface area contributed by atoms with E-state index in [0.29, 0.717) is 0 Å². The van der Waals surface area contributed by atoms with Gasteiger partial charge in [0, 0.05) is 30.7 Å². The van der Waals surface area contributed by atoms with Crippen molar-refractivity contribution in [2.75, 3.05) is 5.33 Å². The number of halogens is 1. The van der Waals surface area contributed by atoms with Crippen molar-refractivity contribution in [2.45, 2.75) is 32.7 Å². The van der Waals surface area contributed by atoms with Gasteiger partial charge < -0.3 is 4.57 Å². The van der Waals surface area contributed by atoms with Crippen molar-refractivity contribution in [3.63, 3.8) is 0 Å². The topological polar surface area (TPSA) is 17.8 Å². The summed E-state index contributed by atoms with van der Waals surface area (Å²) in [6, 6.07) is 0. The van der Waals surface area contributed by atoms with Crippen molar-refractivity contribution < 1.29 is 0 Å². The van der Waals surface area contributed by atoms with Crippen LogP contribution < -0.4 is 0 Å². The molecule has 0 bridgehead atoms. The maximum atomic E-state index is 4.31. The first-order valence-electron chi connectivity index (χ1n) is 4.44. The summed E-state index contributed by atoms with van der Waals surface area (Å²) >= 11 is 3.42. The van der Waals surface area contributed by atoms with Crippen LogP contribution in [-0.4, -0.2) is 14.9 Å². The van der Waals surface area contributed by atoms with Crippen LogP contribution in [0.5, 0.6) is 0 Å². The first kappa shape index (κ1) is 9.78. The highest BCUT2D eigenvalue weighted by Gasteiger charge is 1.99. The van der Waals surface area contributed by atoms with Crippen molar-refractivity contribution in [2.24, 2.45) is 0 Å². The summed E-state index contributed by atoms with van der Waals surface area (Å²) in [4.78, 5) is 4.31. The molecule has 1 rings (SSSR count). The molecule has 1 aromatic heterocycles. The fraction of sp³-hybridized carbons (Fsp3) is 0.667. The van der Waals surface area contributed by atoms with Crippen molar-refractivity contribution in [3.05, 3.63) is 18.2 Å². The third-order valence-corrected chi connectivity index (χ3v) is 2.37. The zero-order valence-electron chi connectivity index (χ0n) is 7.46. The minimum atomic E-state index is 1.07. The molecule has 0 radical (unpaired) electrons. The molecular weight excluding hydrogens is 216 g/mol.